The van der Waals surface area contributed by atoms with Crippen molar-refractivity contribution in [3.05, 3.63) is 35.4 Å². The highest BCUT2D eigenvalue weighted by Crippen LogP contribution is 2.02. The zero-order valence-electron chi connectivity index (χ0n) is 13.9. The molecule has 1 saturated heterocycles. The van der Waals surface area contributed by atoms with Crippen molar-refractivity contribution in [3.63, 3.8) is 0 Å². The number of likely N-dealkylation sites (N-methyl/N-ethyl adjacent to an activating group) is 1. The van der Waals surface area contributed by atoms with Gasteiger partial charge in [-0.1, -0.05) is 29.8 Å². The molecule has 23 heavy (non-hydrogen) atoms. The van der Waals surface area contributed by atoms with Crippen molar-refractivity contribution < 1.29 is 14.3 Å². The molecule has 0 spiro atoms. The number of nitrogens with zero attached hydrogens (tertiary/aromatic N) is 2. The highest BCUT2D eigenvalue weighted by Gasteiger charge is 2.19. The molecule has 0 saturated carbocycles. The molecule has 126 valence electrons. The first-order valence-corrected chi connectivity index (χ1v) is 7.91. The number of nitrogens with one attached hydrogen (secondary N) is 1. The number of hydrogen-bond acceptors (Lipinski definition) is 4. The van der Waals surface area contributed by atoms with Crippen LogP contribution in [0, 0.1) is 6.92 Å². The summed E-state index contributed by atoms with van der Waals surface area (Å²) in [6.45, 7) is 5.44. The summed E-state index contributed by atoms with van der Waals surface area (Å²) >= 11 is 0. The minimum atomic E-state index is -0.0807. The summed E-state index contributed by atoms with van der Waals surface area (Å²) in [5.74, 6) is -0.0370. The number of hydrogen-bond donors (Lipinski definition) is 1. The molecule has 1 aromatic carbocycles. The van der Waals surface area contributed by atoms with Crippen LogP contribution in [0.2, 0.25) is 0 Å². The molecule has 1 N–H and O–H groups in total. The van der Waals surface area contributed by atoms with Crippen molar-refractivity contribution >= 4 is 11.8 Å². The van der Waals surface area contributed by atoms with Crippen molar-refractivity contribution in [2.75, 3.05) is 46.4 Å². The van der Waals surface area contributed by atoms with Gasteiger partial charge in [-0.3, -0.25) is 14.5 Å². The maximum atomic E-state index is 12.1. The molecule has 1 fully saturated rings. The number of benzene rings is 1. The summed E-state index contributed by atoms with van der Waals surface area (Å²) in [5.41, 5.74) is 2.26. The van der Waals surface area contributed by atoms with Gasteiger partial charge in [0, 0.05) is 19.6 Å². The topological polar surface area (TPSA) is 61.9 Å². The van der Waals surface area contributed by atoms with Crippen LogP contribution in [0.5, 0.6) is 0 Å². The summed E-state index contributed by atoms with van der Waals surface area (Å²) in [7, 11) is 1.78. The third-order valence-electron chi connectivity index (χ3n) is 3.79. The van der Waals surface area contributed by atoms with E-state index in [0.29, 0.717) is 32.8 Å². The monoisotopic (exact) mass is 319 g/mol. The van der Waals surface area contributed by atoms with E-state index in [9.17, 15) is 9.59 Å². The Bertz CT molecular complexity index is 524. The highest BCUT2D eigenvalue weighted by atomic mass is 16.5. The molecule has 1 heterocycles. The van der Waals surface area contributed by atoms with Crippen LogP contribution in [0.4, 0.5) is 0 Å². The lowest BCUT2D eigenvalue weighted by Gasteiger charge is -2.28. The fraction of sp³-hybridized carbons (Fsp3) is 0.529. The van der Waals surface area contributed by atoms with E-state index in [2.05, 4.69) is 5.32 Å². The van der Waals surface area contributed by atoms with E-state index >= 15 is 0 Å². The van der Waals surface area contributed by atoms with Gasteiger partial charge in [0.05, 0.1) is 26.3 Å². The van der Waals surface area contributed by atoms with Crippen LogP contribution in [0.25, 0.3) is 0 Å². The molecule has 6 heteroatoms. The SMILES string of the molecule is Cc1ccc(CNC(=O)CN(C)CC(=O)N2CCOCC2)cc1. The second kappa shape index (κ2) is 8.64. The fourth-order valence-corrected chi connectivity index (χ4v) is 2.41. The van der Waals surface area contributed by atoms with Gasteiger partial charge < -0.3 is 15.0 Å². The molecule has 1 aromatic rings. The van der Waals surface area contributed by atoms with Crippen molar-refractivity contribution in [3.8, 4) is 0 Å². The molecule has 0 radical (unpaired) electrons. The van der Waals surface area contributed by atoms with Gasteiger partial charge in [-0.05, 0) is 19.5 Å². The molecule has 2 rings (SSSR count). The van der Waals surface area contributed by atoms with Crippen LogP contribution < -0.4 is 5.32 Å². The van der Waals surface area contributed by atoms with Gasteiger partial charge in [0.1, 0.15) is 0 Å². The van der Waals surface area contributed by atoms with E-state index in [1.54, 1.807) is 16.8 Å². The minimum Gasteiger partial charge on any atom is -0.378 e. The van der Waals surface area contributed by atoms with Crippen LogP contribution in [-0.2, 0) is 20.9 Å². The van der Waals surface area contributed by atoms with E-state index < -0.39 is 0 Å². The van der Waals surface area contributed by atoms with Crippen LogP contribution in [0.3, 0.4) is 0 Å². The minimum absolute atomic E-state index is 0.0436. The highest BCUT2D eigenvalue weighted by molar-refractivity contribution is 5.81. The predicted octanol–water partition coefficient (Wildman–Crippen LogP) is 0.402. The molecule has 0 aromatic heterocycles. The normalized spacial score (nSPS) is 14.8. The lowest BCUT2D eigenvalue weighted by Crippen LogP contribution is -2.46. The molecule has 0 bridgehead atoms. The summed E-state index contributed by atoms with van der Waals surface area (Å²) in [5, 5.41) is 2.88. The van der Waals surface area contributed by atoms with Crippen LogP contribution >= 0.6 is 0 Å². The maximum Gasteiger partial charge on any atom is 0.236 e. The summed E-state index contributed by atoms with van der Waals surface area (Å²) < 4.78 is 5.23. The summed E-state index contributed by atoms with van der Waals surface area (Å²) in [6.07, 6.45) is 0. The first-order chi connectivity index (χ1) is 11.0. The van der Waals surface area contributed by atoms with E-state index in [1.807, 2.05) is 31.2 Å². The van der Waals surface area contributed by atoms with Gasteiger partial charge in [0.2, 0.25) is 11.8 Å². The summed E-state index contributed by atoms with van der Waals surface area (Å²) in [6, 6.07) is 8.05. The van der Waals surface area contributed by atoms with Gasteiger partial charge in [-0.15, -0.1) is 0 Å². The van der Waals surface area contributed by atoms with Gasteiger partial charge >= 0.3 is 0 Å². The number of rotatable bonds is 6. The quantitative estimate of drug-likeness (QED) is 0.825. The molecule has 1 aliphatic rings. The molecule has 2 amide bonds. The van der Waals surface area contributed by atoms with Crippen molar-refractivity contribution in [1.29, 1.82) is 0 Å². The first-order valence-electron chi connectivity index (χ1n) is 7.91. The zero-order valence-corrected chi connectivity index (χ0v) is 13.9. The van der Waals surface area contributed by atoms with Gasteiger partial charge in [0.15, 0.2) is 0 Å². The molecular weight excluding hydrogens is 294 g/mol. The Morgan fingerprint density at radius 3 is 2.48 bits per heavy atom. The van der Waals surface area contributed by atoms with Crippen LogP contribution in [-0.4, -0.2) is 68.1 Å². The van der Waals surface area contributed by atoms with Gasteiger partial charge in [-0.2, -0.15) is 0 Å². The average Bonchev–Trinajstić information content (AvgIpc) is 2.55. The fourth-order valence-electron chi connectivity index (χ4n) is 2.41. The number of aryl methyl sites for hydroxylation is 1. The third kappa shape index (κ3) is 6.00. The van der Waals surface area contributed by atoms with Crippen LogP contribution in [0.1, 0.15) is 11.1 Å². The Kier molecular flexibility index (Phi) is 6.55. The molecule has 0 atom stereocenters. The molecule has 0 unspecified atom stereocenters. The second-order valence-corrected chi connectivity index (χ2v) is 5.93. The van der Waals surface area contributed by atoms with E-state index in [0.717, 1.165) is 5.56 Å². The van der Waals surface area contributed by atoms with Gasteiger partial charge in [-0.25, -0.2) is 0 Å². The third-order valence-corrected chi connectivity index (χ3v) is 3.79. The molecule has 1 aliphatic heterocycles. The number of carbonyl (C=O) groups is 2. The first kappa shape index (κ1) is 17.4. The van der Waals surface area contributed by atoms with Crippen LogP contribution in [0.15, 0.2) is 24.3 Å². The second-order valence-electron chi connectivity index (χ2n) is 5.93. The Morgan fingerprint density at radius 2 is 1.83 bits per heavy atom. The number of carbonyl (C=O) groups excluding carboxylic acids is 2. The largest absolute Gasteiger partial charge is 0.378 e. The zero-order chi connectivity index (χ0) is 16.7. The lowest BCUT2D eigenvalue weighted by molar-refractivity contribution is -0.136. The van der Waals surface area contributed by atoms with E-state index in [-0.39, 0.29) is 24.9 Å². The molecular formula is C17H25N3O3. The maximum absolute atomic E-state index is 12.1. The Labute approximate surface area is 137 Å². The Hall–Kier alpha value is -1.92. The average molecular weight is 319 g/mol. The van der Waals surface area contributed by atoms with Gasteiger partial charge in [0.25, 0.3) is 0 Å². The van der Waals surface area contributed by atoms with E-state index in [4.69, 9.17) is 4.74 Å². The number of amides is 2. The van der Waals surface area contributed by atoms with Crippen molar-refractivity contribution in [2.45, 2.75) is 13.5 Å². The summed E-state index contributed by atoms with van der Waals surface area (Å²) in [4.78, 5) is 27.6. The predicted molar refractivity (Wildman–Crippen MR) is 87.9 cm³/mol. The standard InChI is InChI=1S/C17H25N3O3/c1-14-3-5-15(6-4-14)11-18-16(21)12-19(2)13-17(22)20-7-9-23-10-8-20/h3-6H,7-13H2,1-2H3,(H,18,21). The van der Waals surface area contributed by atoms with E-state index in [1.165, 1.54) is 5.56 Å². The number of morpholine rings is 1. The molecule has 0 aliphatic carbocycles. The van der Waals surface area contributed by atoms with Crippen molar-refractivity contribution in [1.82, 2.24) is 15.1 Å². The Morgan fingerprint density at radius 1 is 1.17 bits per heavy atom. The Balaban J connectivity index is 1.69. The lowest BCUT2D eigenvalue weighted by atomic mass is 10.1. The molecule has 6 nitrogen and oxygen atoms in total. The van der Waals surface area contributed by atoms with Crippen molar-refractivity contribution in [2.24, 2.45) is 0 Å². The number of ether oxygens (including phenoxy) is 1. The smallest absolute Gasteiger partial charge is 0.236 e.